The summed E-state index contributed by atoms with van der Waals surface area (Å²) in [7, 11) is -1.79. The van der Waals surface area contributed by atoms with Crippen molar-refractivity contribution in [3.8, 4) is 0 Å². The van der Waals surface area contributed by atoms with Crippen LogP contribution in [0.1, 0.15) is 38.5 Å². The number of amides is 2. The SMILES string of the molecule is CN(CCC(=O)N1CC[C@@]2(CCCN(CC3CC3)C2=O)C1)S(C)(=O)=O. The molecule has 0 aromatic carbocycles. The fraction of sp³-hybridized carbons (Fsp3) is 0.882. The van der Waals surface area contributed by atoms with Crippen molar-refractivity contribution in [3.05, 3.63) is 0 Å². The van der Waals surface area contributed by atoms with Crippen molar-refractivity contribution in [1.82, 2.24) is 14.1 Å². The Hall–Kier alpha value is -1.15. The van der Waals surface area contributed by atoms with Crippen molar-refractivity contribution in [3.63, 3.8) is 0 Å². The predicted molar refractivity (Wildman–Crippen MR) is 94.3 cm³/mol. The van der Waals surface area contributed by atoms with Gasteiger partial charge in [0.05, 0.1) is 11.7 Å². The van der Waals surface area contributed by atoms with E-state index in [1.807, 2.05) is 4.90 Å². The Balaban J connectivity index is 1.56. The molecule has 1 spiro atoms. The van der Waals surface area contributed by atoms with Gasteiger partial charge in [0.2, 0.25) is 21.8 Å². The minimum atomic E-state index is -3.27. The van der Waals surface area contributed by atoms with Gasteiger partial charge in [0.1, 0.15) is 0 Å². The first-order chi connectivity index (χ1) is 11.7. The minimum absolute atomic E-state index is 0.0560. The summed E-state index contributed by atoms with van der Waals surface area (Å²) in [6, 6.07) is 0. The summed E-state index contributed by atoms with van der Waals surface area (Å²) in [5, 5.41) is 0. The molecule has 1 aliphatic carbocycles. The highest BCUT2D eigenvalue weighted by atomic mass is 32.2. The Morgan fingerprint density at radius 3 is 2.64 bits per heavy atom. The molecule has 0 N–H and O–H groups in total. The van der Waals surface area contributed by atoms with Crippen LogP contribution in [0, 0.1) is 11.3 Å². The third-order valence-corrected chi connectivity index (χ3v) is 7.23. The van der Waals surface area contributed by atoms with E-state index in [1.54, 1.807) is 4.90 Å². The molecule has 1 saturated carbocycles. The lowest BCUT2D eigenvalue weighted by Crippen LogP contribution is -2.51. The Morgan fingerprint density at radius 2 is 2.00 bits per heavy atom. The molecule has 25 heavy (non-hydrogen) atoms. The highest BCUT2D eigenvalue weighted by Crippen LogP contribution is 2.41. The standard InChI is InChI=1S/C17H29N3O4S/c1-18(25(2,23)24)10-6-15(21)20-11-8-17(13-20)7-3-9-19(16(17)22)12-14-4-5-14/h14H,3-13H2,1-2H3/t17-/m0/s1. The summed E-state index contributed by atoms with van der Waals surface area (Å²) < 4.78 is 24.1. The van der Waals surface area contributed by atoms with Gasteiger partial charge >= 0.3 is 0 Å². The first kappa shape index (κ1) is 18.6. The van der Waals surface area contributed by atoms with Gasteiger partial charge in [0.15, 0.2) is 0 Å². The molecule has 8 heteroatoms. The Kier molecular flexibility index (Phi) is 5.12. The second-order valence-corrected chi connectivity index (χ2v) is 10.1. The summed E-state index contributed by atoms with van der Waals surface area (Å²) in [6.07, 6.45) is 6.37. The van der Waals surface area contributed by atoms with Crippen LogP contribution in [0.5, 0.6) is 0 Å². The summed E-state index contributed by atoms with van der Waals surface area (Å²) in [4.78, 5) is 29.2. The summed E-state index contributed by atoms with van der Waals surface area (Å²) >= 11 is 0. The third kappa shape index (κ3) is 4.16. The van der Waals surface area contributed by atoms with Gasteiger partial charge in [-0.1, -0.05) is 0 Å². The van der Waals surface area contributed by atoms with E-state index in [1.165, 1.54) is 24.2 Å². The van der Waals surface area contributed by atoms with E-state index in [4.69, 9.17) is 0 Å². The van der Waals surface area contributed by atoms with Crippen molar-refractivity contribution in [1.29, 1.82) is 0 Å². The quantitative estimate of drug-likeness (QED) is 0.682. The lowest BCUT2D eigenvalue weighted by molar-refractivity contribution is -0.146. The third-order valence-electron chi connectivity index (χ3n) is 5.91. The maximum atomic E-state index is 13.0. The van der Waals surface area contributed by atoms with Gasteiger partial charge in [0, 0.05) is 46.2 Å². The molecule has 3 fully saturated rings. The maximum Gasteiger partial charge on any atom is 0.230 e. The van der Waals surface area contributed by atoms with Crippen LogP contribution in [-0.4, -0.2) is 80.4 Å². The van der Waals surface area contributed by atoms with E-state index in [9.17, 15) is 18.0 Å². The van der Waals surface area contributed by atoms with Crippen LogP contribution in [0.3, 0.4) is 0 Å². The van der Waals surface area contributed by atoms with Crippen LogP contribution in [0.2, 0.25) is 0 Å². The van der Waals surface area contributed by atoms with Gasteiger partial charge < -0.3 is 9.80 Å². The second-order valence-electron chi connectivity index (χ2n) is 7.98. The summed E-state index contributed by atoms with van der Waals surface area (Å²) in [5.74, 6) is 0.860. The van der Waals surface area contributed by atoms with Gasteiger partial charge in [-0.05, 0) is 38.0 Å². The number of likely N-dealkylation sites (tertiary alicyclic amines) is 2. The van der Waals surface area contributed by atoms with Crippen molar-refractivity contribution >= 4 is 21.8 Å². The average Bonchev–Trinajstić information content (AvgIpc) is 3.26. The zero-order chi connectivity index (χ0) is 18.2. The molecular formula is C17H29N3O4S. The van der Waals surface area contributed by atoms with E-state index in [2.05, 4.69) is 0 Å². The molecule has 0 aromatic heterocycles. The number of sulfonamides is 1. The van der Waals surface area contributed by atoms with Crippen LogP contribution in [0.25, 0.3) is 0 Å². The van der Waals surface area contributed by atoms with Crippen molar-refractivity contribution in [2.45, 2.75) is 38.5 Å². The highest BCUT2D eigenvalue weighted by molar-refractivity contribution is 7.88. The van der Waals surface area contributed by atoms with E-state index < -0.39 is 15.4 Å². The number of piperidine rings is 1. The van der Waals surface area contributed by atoms with Gasteiger partial charge in [0.25, 0.3) is 0 Å². The molecule has 0 unspecified atom stereocenters. The number of carbonyl (C=O) groups excluding carboxylic acids is 2. The zero-order valence-corrected chi connectivity index (χ0v) is 16.1. The average molecular weight is 372 g/mol. The minimum Gasteiger partial charge on any atom is -0.342 e. The van der Waals surface area contributed by atoms with Crippen molar-refractivity contribution in [2.75, 3.05) is 46.0 Å². The number of nitrogens with zero attached hydrogens (tertiary/aromatic N) is 3. The molecule has 3 aliphatic rings. The molecule has 1 atom stereocenters. The lowest BCUT2D eigenvalue weighted by Gasteiger charge is -2.39. The molecule has 2 heterocycles. The van der Waals surface area contributed by atoms with Crippen LogP contribution < -0.4 is 0 Å². The van der Waals surface area contributed by atoms with E-state index in [0.29, 0.717) is 19.0 Å². The zero-order valence-electron chi connectivity index (χ0n) is 15.2. The Labute approximate surface area is 150 Å². The molecule has 0 radical (unpaired) electrons. The molecular weight excluding hydrogens is 342 g/mol. The number of hydrogen-bond acceptors (Lipinski definition) is 4. The molecule has 3 rings (SSSR count). The topological polar surface area (TPSA) is 78.0 Å². The van der Waals surface area contributed by atoms with E-state index >= 15 is 0 Å². The van der Waals surface area contributed by atoms with Gasteiger partial charge in [-0.2, -0.15) is 0 Å². The first-order valence-corrected chi connectivity index (χ1v) is 11.0. The van der Waals surface area contributed by atoms with Gasteiger partial charge in [-0.25, -0.2) is 12.7 Å². The molecule has 2 aliphatic heterocycles. The fourth-order valence-electron chi connectivity index (χ4n) is 3.98. The predicted octanol–water partition coefficient (Wildman–Crippen LogP) is 0.519. The van der Waals surface area contributed by atoms with Gasteiger partial charge in [-0.15, -0.1) is 0 Å². The van der Waals surface area contributed by atoms with Crippen LogP contribution in [-0.2, 0) is 19.6 Å². The lowest BCUT2D eigenvalue weighted by atomic mass is 9.78. The number of rotatable bonds is 6. The first-order valence-electron chi connectivity index (χ1n) is 9.20. The normalized spacial score (nSPS) is 27.6. The van der Waals surface area contributed by atoms with Gasteiger partial charge in [-0.3, -0.25) is 9.59 Å². The van der Waals surface area contributed by atoms with Crippen LogP contribution in [0.15, 0.2) is 0 Å². The fourth-order valence-corrected chi connectivity index (χ4v) is 4.40. The molecule has 2 saturated heterocycles. The highest BCUT2D eigenvalue weighted by Gasteiger charge is 2.49. The molecule has 0 aromatic rings. The van der Waals surface area contributed by atoms with Crippen LogP contribution >= 0.6 is 0 Å². The van der Waals surface area contributed by atoms with E-state index in [-0.39, 0.29) is 24.8 Å². The monoisotopic (exact) mass is 371 g/mol. The number of carbonyl (C=O) groups is 2. The summed E-state index contributed by atoms with van der Waals surface area (Å²) in [6.45, 7) is 3.01. The maximum absolute atomic E-state index is 13.0. The molecule has 0 bridgehead atoms. The smallest absolute Gasteiger partial charge is 0.230 e. The Morgan fingerprint density at radius 1 is 1.28 bits per heavy atom. The Bertz CT molecular complexity index is 646. The molecule has 2 amide bonds. The molecule has 142 valence electrons. The van der Waals surface area contributed by atoms with Crippen molar-refractivity contribution < 1.29 is 18.0 Å². The van der Waals surface area contributed by atoms with Crippen LogP contribution in [0.4, 0.5) is 0 Å². The number of hydrogen-bond donors (Lipinski definition) is 0. The van der Waals surface area contributed by atoms with E-state index in [0.717, 1.165) is 38.6 Å². The molecule has 7 nitrogen and oxygen atoms in total. The van der Waals surface area contributed by atoms with Crippen molar-refractivity contribution in [2.24, 2.45) is 11.3 Å². The second kappa shape index (κ2) is 6.87. The largest absolute Gasteiger partial charge is 0.342 e. The summed E-state index contributed by atoms with van der Waals surface area (Å²) in [5.41, 5.74) is -0.397.